The van der Waals surface area contributed by atoms with Gasteiger partial charge in [-0.3, -0.25) is 4.79 Å². The van der Waals surface area contributed by atoms with Gasteiger partial charge in [0.05, 0.1) is 6.04 Å². The van der Waals surface area contributed by atoms with Crippen LogP contribution in [-0.2, 0) is 4.79 Å². The number of carbonyl (C=O) groups excluding carboxylic acids is 1. The fraction of sp³-hybridized carbons (Fsp3) is 0.192. The standard InChI is InChI=1S/C26H25FN2O2/c1-3-29(25(30)17-31-21-14-12-20(27)13-15-21)26(19-10-8-18(2)9-11-19)23-16-28-24-7-5-4-6-22(23)24/h4-16,26,28H,3,17H2,1-2H3/t26-/m1/s1. The van der Waals surface area contributed by atoms with Gasteiger partial charge in [-0.15, -0.1) is 0 Å². The van der Waals surface area contributed by atoms with Crippen molar-refractivity contribution in [3.05, 3.63) is 102 Å². The minimum absolute atomic E-state index is 0.121. The van der Waals surface area contributed by atoms with Crippen LogP contribution in [0.5, 0.6) is 5.75 Å². The Kier molecular flexibility index (Phi) is 6.03. The summed E-state index contributed by atoms with van der Waals surface area (Å²) in [5.41, 5.74) is 4.26. The Hall–Kier alpha value is -3.60. The molecule has 1 heterocycles. The van der Waals surface area contributed by atoms with E-state index in [0.717, 1.165) is 27.6 Å². The van der Waals surface area contributed by atoms with Crippen LogP contribution in [0.3, 0.4) is 0 Å². The van der Waals surface area contributed by atoms with E-state index >= 15 is 0 Å². The van der Waals surface area contributed by atoms with Crippen molar-refractivity contribution in [1.82, 2.24) is 9.88 Å². The van der Waals surface area contributed by atoms with Gasteiger partial charge in [-0.1, -0.05) is 48.0 Å². The van der Waals surface area contributed by atoms with Crippen LogP contribution in [0.1, 0.15) is 29.7 Å². The van der Waals surface area contributed by atoms with Crippen LogP contribution in [-0.4, -0.2) is 28.9 Å². The maximum Gasteiger partial charge on any atom is 0.261 e. The Bertz CT molecular complexity index is 1170. The first-order chi connectivity index (χ1) is 15.1. The van der Waals surface area contributed by atoms with E-state index < -0.39 is 0 Å². The maximum absolute atomic E-state index is 13.2. The third kappa shape index (κ3) is 4.45. The van der Waals surface area contributed by atoms with Crippen molar-refractivity contribution in [3.63, 3.8) is 0 Å². The fourth-order valence-corrected chi connectivity index (χ4v) is 3.86. The molecule has 0 saturated carbocycles. The lowest BCUT2D eigenvalue weighted by atomic mass is 9.95. The lowest BCUT2D eigenvalue weighted by molar-refractivity contribution is -0.134. The zero-order valence-corrected chi connectivity index (χ0v) is 17.6. The van der Waals surface area contributed by atoms with Crippen molar-refractivity contribution in [1.29, 1.82) is 0 Å². The number of amides is 1. The van der Waals surface area contributed by atoms with E-state index in [-0.39, 0.29) is 24.4 Å². The van der Waals surface area contributed by atoms with Gasteiger partial charge in [-0.25, -0.2) is 4.39 Å². The van der Waals surface area contributed by atoms with Crippen LogP contribution in [0, 0.1) is 12.7 Å². The predicted molar refractivity (Wildman–Crippen MR) is 121 cm³/mol. The molecule has 0 radical (unpaired) electrons. The number of fused-ring (bicyclic) bond motifs is 1. The molecular formula is C26H25FN2O2. The zero-order chi connectivity index (χ0) is 21.8. The number of nitrogens with one attached hydrogen (secondary N) is 1. The Morgan fingerprint density at radius 3 is 2.45 bits per heavy atom. The summed E-state index contributed by atoms with van der Waals surface area (Å²) in [6.07, 6.45) is 1.98. The molecule has 0 spiro atoms. The summed E-state index contributed by atoms with van der Waals surface area (Å²) in [5, 5.41) is 1.08. The molecule has 0 aliphatic carbocycles. The van der Waals surface area contributed by atoms with E-state index in [9.17, 15) is 9.18 Å². The molecule has 1 atom stereocenters. The van der Waals surface area contributed by atoms with Gasteiger partial charge in [0.1, 0.15) is 11.6 Å². The van der Waals surface area contributed by atoms with Crippen molar-refractivity contribution in [3.8, 4) is 5.75 Å². The predicted octanol–water partition coefficient (Wildman–Crippen LogP) is 5.63. The second kappa shape index (κ2) is 9.04. The number of nitrogens with zero attached hydrogens (tertiary/aromatic N) is 1. The van der Waals surface area contributed by atoms with Gasteiger partial charge in [0.25, 0.3) is 5.91 Å². The van der Waals surface area contributed by atoms with Gasteiger partial charge in [-0.05, 0) is 49.7 Å². The number of rotatable bonds is 7. The number of likely N-dealkylation sites (N-methyl/N-ethyl adjacent to an activating group) is 1. The SMILES string of the molecule is CCN(C(=O)COc1ccc(F)cc1)[C@H](c1ccc(C)cc1)c1c[nH]c2ccccc12. The first-order valence-electron chi connectivity index (χ1n) is 10.4. The number of carbonyl (C=O) groups is 1. The highest BCUT2D eigenvalue weighted by Gasteiger charge is 2.28. The molecule has 4 nitrogen and oxygen atoms in total. The van der Waals surface area contributed by atoms with Crippen molar-refractivity contribution < 1.29 is 13.9 Å². The highest BCUT2D eigenvalue weighted by Crippen LogP contribution is 2.34. The first-order valence-corrected chi connectivity index (χ1v) is 10.4. The van der Waals surface area contributed by atoms with Crippen molar-refractivity contribution >= 4 is 16.8 Å². The highest BCUT2D eigenvalue weighted by molar-refractivity contribution is 5.86. The first kappa shape index (κ1) is 20.7. The van der Waals surface area contributed by atoms with E-state index in [1.165, 1.54) is 24.3 Å². The minimum Gasteiger partial charge on any atom is -0.484 e. The van der Waals surface area contributed by atoms with Crippen molar-refractivity contribution in [2.75, 3.05) is 13.2 Å². The summed E-state index contributed by atoms with van der Waals surface area (Å²) >= 11 is 0. The average Bonchev–Trinajstić information content (AvgIpc) is 3.21. The number of aromatic nitrogens is 1. The molecule has 4 rings (SSSR count). The quantitative estimate of drug-likeness (QED) is 0.424. The number of benzene rings is 3. The van der Waals surface area contributed by atoms with Gasteiger partial charge in [0, 0.05) is 29.2 Å². The molecule has 0 unspecified atom stereocenters. The van der Waals surface area contributed by atoms with Gasteiger partial charge in [-0.2, -0.15) is 0 Å². The van der Waals surface area contributed by atoms with Crippen LogP contribution in [0.4, 0.5) is 4.39 Å². The van der Waals surface area contributed by atoms with E-state index in [1.54, 1.807) is 0 Å². The molecule has 158 valence electrons. The summed E-state index contributed by atoms with van der Waals surface area (Å²) in [7, 11) is 0. The van der Waals surface area contributed by atoms with E-state index in [4.69, 9.17) is 4.74 Å². The average molecular weight is 416 g/mol. The molecule has 1 amide bonds. The van der Waals surface area contributed by atoms with Crippen LogP contribution < -0.4 is 4.74 Å². The Labute approximate surface area is 181 Å². The minimum atomic E-state index is -0.340. The summed E-state index contributed by atoms with van der Waals surface area (Å²) in [6, 6.07) is 21.8. The number of H-pyrrole nitrogens is 1. The highest BCUT2D eigenvalue weighted by atomic mass is 19.1. The molecular weight excluding hydrogens is 391 g/mol. The van der Waals surface area contributed by atoms with Gasteiger partial charge in [0.15, 0.2) is 6.61 Å². The lowest BCUT2D eigenvalue weighted by Gasteiger charge is -2.31. The Balaban J connectivity index is 1.67. The molecule has 0 bridgehead atoms. The van der Waals surface area contributed by atoms with E-state index in [0.29, 0.717) is 12.3 Å². The Morgan fingerprint density at radius 2 is 1.74 bits per heavy atom. The number of aromatic amines is 1. The molecule has 1 aromatic heterocycles. The molecule has 1 N–H and O–H groups in total. The summed E-state index contributed by atoms with van der Waals surface area (Å²) in [5.74, 6) is -0.0138. The maximum atomic E-state index is 13.2. The zero-order valence-electron chi connectivity index (χ0n) is 17.6. The van der Waals surface area contributed by atoms with Gasteiger partial charge in [0.2, 0.25) is 0 Å². The molecule has 0 aliphatic rings. The summed E-state index contributed by atoms with van der Waals surface area (Å²) < 4.78 is 18.8. The second-order valence-electron chi connectivity index (χ2n) is 7.53. The van der Waals surface area contributed by atoms with Gasteiger partial charge < -0.3 is 14.6 Å². The van der Waals surface area contributed by atoms with Gasteiger partial charge >= 0.3 is 0 Å². The number of hydrogen-bond donors (Lipinski definition) is 1. The Morgan fingerprint density at radius 1 is 1.03 bits per heavy atom. The number of para-hydroxylation sites is 1. The van der Waals surface area contributed by atoms with Crippen LogP contribution in [0.2, 0.25) is 0 Å². The van der Waals surface area contributed by atoms with Crippen molar-refractivity contribution in [2.45, 2.75) is 19.9 Å². The molecule has 31 heavy (non-hydrogen) atoms. The van der Waals surface area contributed by atoms with Crippen LogP contribution in [0.25, 0.3) is 10.9 Å². The molecule has 3 aromatic carbocycles. The molecule has 0 saturated heterocycles. The van der Waals surface area contributed by atoms with E-state index in [2.05, 4.69) is 35.3 Å². The summed E-state index contributed by atoms with van der Waals surface area (Å²) in [6.45, 7) is 4.41. The van der Waals surface area contributed by atoms with Crippen LogP contribution >= 0.6 is 0 Å². The lowest BCUT2D eigenvalue weighted by Crippen LogP contribution is -2.38. The third-order valence-corrected chi connectivity index (χ3v) is 5.46. The third-order valence-electron chi connectivity index (χ3n) is 5.46. The monoisotopic (exact) mass is 416 g/mol. The normalized spacial score (nSPS) is 12.0. The largest absolute Gasteiger partial charge is 0.484 e. The molecule has 5 heteroatoms. The molecule has 0 aliphatic heterocycles. The molecule has 0 fully saturated rings. The number of ether oxygens (including phenoxy) is 1. The van der Waals surface area contributed by atoms with Crippen molar-refractivity contribution in [2.24, 2.45) is 0 Å². The number of aryl methyl sites for hydroxylation is 1. The summed E-state index contributed by atoms with van der Waals surface area (Å²) in [4.78, 5) is 18.4. The second-order valence-corrected chi connectivity index (χ2v) is 7.53. The van der Waals surface area contributed by atoms with Crippen LogP contribution in [0.15, 0.2) is 79.0 Å². The smallest absolute Gasteiger partial charge is 0.261 e. The number of hydrogen-bond acceptors (Lipinski definition) is 2. The number of halogens is 1. The topological polar surface area (TPSA) is 45.3 Å². The van der Waals surface area contributed by atoms with E-state index in [1.807, 2.05) is 43.1 Å². The molecule has 4 aromatic rings. The fourth-order valence-electron chi connectivity index (χ4n) is 3.86.